The Balaban J connectivity index is 2.39. The fourth-order valence-corrected chi connectivity index (χ4v) is 4.03. The molecule has 0 spiro atoms. The summed E-state index contributed by atoms with van der Waals surface area (Å²) in [6, 6.07) is 0.196. The van der Waals surface area contributed by atoms with E-state index < -0.39 is 15.1 Å². The summed E-state index contributed by atoms with van der Waals surface area (Å²) in [5.41, 5.74) is 0. The van der Waals surface area contributed by atoms with Gasteiger partial charge in [-0.05, 0) is 26.7 Å². The third-order valence-corrected chi connectivity index (χ3v) is 5.19. The van der Waals surface area contributed by atoms with E-state index in [-0.39, 0.29) is 11.8 Å². The minimum atomic E-state index is -3.03. The molecule has 1 aromatic heterocycles. The van der Waals surface area contributed by atoms with E-state index in [4.69, 9.17) is 0 Å². The Kier molecular flexibility index (Phi) is 3.01. The van der Waals surface area contributed by atoms with Crippen LogP contribution in [0.3, 0.4) is 0 Å². The van der Waals surface area contributed by atoms with Gasteiger partial charge in [-0.15, -0.1) is 10.2 Å². The highest BCUT2D eigenvalue weighted by Crippen LogP contribution is 2.32. The van der Waals surface area contributed by atoms with Gasteiger partial charge in [-0.1, -0.05) is 6.42 Å². The second-order valence-corrected chi connectivity index (χ2v) is 6.84. The molecule has 0 saturated carbocycles. The number of aromatic nitrogens is 3. The predicted molar refractivity (Wildman–Crippen MR) is 60.8 cm³/mol. The maximum absolute atomic E-state index is 12.0. The molecule has 1 unspecified atom stereocenters. The van der Waals surface area contributed by atoms with Gasteiger partial charge in [0.15, 0.2) is 15.7 Å². The monoisotopic (exact) mass is 243 g/mol. The summed E-state index contributed by atoms with van der Waals surface area (Å²) in [7, 11) is -3.03. The second-order valence-electron chi connectivity index (χ2n) is 4.54. The quantitative estimate of drug-likeness (QED) is 0.789. The molecule has 1 aliphatic rings. The van der Waals surface area contributed by atoms with E-state index in [9.17, 15) is 8.42 Å². The molecule has 6 heteroatoms. The topological polar surface area (TPSA) is 64.8 Å². The van der Waals surface area contributed by atoms with Crippen molar-refractivity contribution in [1.82, 2.24) is 14.8 Å². The molecule has 0 aliphatic carbocycles. The average Bonchev–Trinajstić information content (AvgIpc) is 2.65. The molecule has 1 saturated heterocycles. The number of sulfone groups is 1. The SMILES string of the molecule is CC(C)n1cnnc1C1CCCCS1(=O)=O. The van der Waals surface area contributed by atoms with Gasteiger partial charge in [0.2, 0.25) is 0 Å². The molecule has 5 nitrogen and oxygen atoms in total. The highest BCUT2D eigenvalue weighted by Gasteiger charge is 2.34. The predicted octanol–water partition coefficient (Wildman–Crippen LogP) is 1.50. The van der Waals surface area contributed by atoms with Crippen LogP contribution in [0.15, 0.2) is 6.33 Å². The Morgan fingerprint density at radius 2 is 2.19 bits per heavy atom. The van der Waals surface area contributed by atoms with Crippen LogP contribution in [0.5, 0.6) is 0 Å². The van der Waals surface area contributed by atoms with Gasteiger partial charge in [0.25, 0.3) is 0 Å². The van der Waals surface area contributed by atoms with Crippen molar-refractivity contribution >= 4 is 9.84 Å². The van der Waals surface area contributed by atoms with Crippen LogP contribution < -0.4 is 0 Å². The first-order valence-corrected chi connectivity index (χ1v) is 7.35. The summed E-state index contributed by atoms with van der Waals surface area (Å²) in [5, 5.41) is 7.37. The lowest BCUT2D eigenvalue weighted by atomic mass is 10.2. The van der Waals surface area contributed by atoms with Crippen molar-refractivity contribution in [2.24, 2.45) is 0 Å². The molecule has 0 aromatic carbocycles. The van der Waals surface area contributed by atoms with Gasteiger partial charge in [-0.2, -0.15) is 0 Å². The van der Waals surface area contributed by atoms with Gasteiger partial charge in [0.05, 0.1) is 5.75 Å². The van der Waals surface area contributed by atoms with Crippen LogP contribution >= 0.6 is 0 Å². The van der Waals surface area contributed by atoms with Crippen LogP contribution in [0.25, 0.3) is 0 Å². The van der Waals surface area contributed by atoms with Crippen molar-refractivity contribution in [3.63, 3.8) is 0 Å². The first-order valence-electron chi connectivity index (χ1n) is 5.63. The van der Waals surface area contributed by atoms with Crippen molar-refractivity contribution in [3.8, 4) is 0 Å². The van der Waals surface area contributed by atoms with Gasteiger partial charge in [-0.3, -0.25) is 0 Å². The third-order valence-electron chi connectivity index (χ3n) is 3.02. The highest BCUT2D eigenvalue weighted by molar-refractivity contribution is 7.91. The summed E-state index contributed by atoms with van der Waals surface area (Å²) in [6.07, 6.45) is 4.02. The van der Waals surface area contributed by atoms with E-state index in [1.807, 2.05) is 18.4 Å². The first kappa shape index (κ1) is 11.6. The molecule has 1 aromatic rings. The van der Waals surface area contributed by atoms with E-state index in [1.165, 1.54) is 0 Å². The summed E-state index contributed by atoms with van der Waals surface area (Å²) in [5.74, 6) is 0.887. The fraction of sp³-hybridized carbons (Fsp3) is 0.800. The molecule has 0 N–H and O–H groups in total. The molecular weight excluding hydrogens is 226 g/mol. The van der Waals surface area contributed by atoms with Crippen molar-refractivity contribution in [1.29, 1.82) is 0 Å². The highest BCUT2D eigenvalue weighted by atomic mass is 32.2. The van der Waals surface area contributed by atoms with Gasteiger partial charge in [0, 0.05) is 6.04 Å². The van der Waals surface area contributed by atoms with Gasteiger partial charge in [0.1, 0.15) is 11.6 Å². The largest absolute Gasteiger partial charge is 0.314 e. The Bertz CT molecular complexity index is 464. The number of hydrogen-bond donors (Lipinski definition) is 0. The molecule has 0 amide bonds. The van der Waals surface area contributed by atoms with Crippen LogP contribution in [0, 0.1) is 0 Å². The van der Waals surface area contributed by atoms with E-state index in [2.05, 4.69) is 10.2 Å². The van der Waals surface area contributed by atoms with E-state index in [0.717, 1.165) is 12.8 Å². The zero-order valence-corrected chi connectivity index (χ0v) is 10.4. The van der Waals surface area contributed by atoms with Gasteiger partial charge >= 0.3 is 0 Å². The summed E-state index contributed by atoms with van der Waals surface area (Å²) in [4.78, 5) is 0. The van der Waals surface area contributed by atoms with Crippen molar-refractivity contribution in [2.75, 3.05) is 5.75 Å². The molecule has 1 aliphatic heterocycles. The summed E-state index contributed by atoms with van der Waals surface area (Å²) < 4.78 is 25.8. The first-order chi connectivity index (χ1) is 7.52. The fourth-order valence-electron chi connectivity index (χ4n) is 2.12. The Morgan fingerprint density at radius 3 is 2.81 bits per heavy atom. The minimum absolute atomic E-state index is 0.196. The molecule has 2 rings (SSSR count). The lowest BCUT2D eigenvalue weighted by Gasteiger charge is -2.22. The number of hydrogen-bond acceptors (Lipinski definition) is 4. The molecule has 1 atom stereocenters. The number of rotatable bonds is 2. The molecule has 90 valence electrons. The van der Waals surface area contributed by atoms with Crippen LogP contribution in [0.2, 0.25) is 0 Å². The molecule has 0 bridgehead atoms. The summed E-state index contributed by atoms with van der Waals surface area (Å²) in [6.45, 7) is 4.00. The zero-order chi connectivity index (χ0) is 11.8. The Morgan fingerprint density at radius 1 is 1.44 bits per heavy atom. The van der Waals surface area contributed by atoms with Crippen LogP contribution in [0.1, 0.15) is 50.2 Å². The standard InChI is InChI=1S/C10H17N3O2S/c1-8(2)13-7-11-12-10(13)9-5-3-4-6-16(9,14)15/h7-9H,3-6H2,1-2H3. The number of nitrogens with zero attached hydrogens (tertiary/aromatic N) is 3. The van der Waals surface area contributed by atoms with Crippen molar-refractivity contribution in [2.45, 2.75) is 44.4 Å². The lowest BCUT2D eigenvalue weighted by molar-refractivity contribution is 0.507. The average molecular weight is 243 g/mol. The van der Waals surface area contributed by atoms with Gasteiger partial charge in [-0.25, -0.2) is 8.42 Å². The summed E-state index contributed by atoms with van der Waals surface area (Å²) >= 11 is 0. The lowest BCUT2D eigenvalue weighted by Crippen LogP contribution is -2.25. The van der Waals surface area contributed by atoms with Crippen LogP contribution in [0.4, 0.5) is 0 Å². The maximum atomic E-state index is 12.0. The van der Waals surface area contributed by atoms with Crippen LogP contribution in [-0.4, -0.2) is 28.9 Å². The molecule has 2 heterocycles. The third kappa shape index (κ3) is 1.98. The molecule has 1 fully saturated rings. The van der Waals surface area contributed by atoms with Crippen molar-refractivity contribution < 1.29 is 8.42 Å². The van der Waals surface area contributed by atoms with Gasteiger partial charge < -0.3 is 4.57 Å². The van der Waals surface area contributed by atoms with E-state index in [0.29, 0.717) is 12.2 Å². The normalized spacial score (nSPS) is 24.8. The molecule has 0 radical (unpaired) electrons. The Labute approximate surface area is 95.8 Å². The molecule has 16 heavy (non-hydrogen) atoms. The maximum Gasteiger partial charge on any atom is 0.160 e. The van der Waals surface area contributed by atoms with Crippen LogP contribution in [-0.2, 0) is 9.84 Å². The van der Waals surface area contributed by atoms with E-state index in [1.54, 1.807) is 6.33 Å². The van der Waals surface area contributed by atoms with E-state index >= 15 is 0 Å². The molecular formula is C10H17N3O2S. The minimum Gasteiger partial charge on any atom is -0.314 e. The smallest absolute Gasteiger partial charge is 0.160 e. The second kappa shape index (κ2) is 4.16. The zero-order valence-electron chi connectivity index (χ0n) is 9.63. The van der Waals surface area contributed by atoms with Crippen molar-refractivity contribution in [3.05, 3.63) is 12.2 Å². The Hall–Kier alpha value is -0.910.